The predicted molar refractivity (Wildman–Crippen MR) is 114 cm³/mol. The number of halogens is 1. The lowest BCUT2D eigenvalue weighted by atomic mass is 9.95. The largest absolute Gasteiger partial charge is 0.507 e. The quantitative estimate of drug-likeness (QED) is 0.215. The molecule has 1 aliphatic heterocycles. The van der Waals surface area contributed by atoms with Crippen molar-refractivity contribution in [1.29, 1.82) is 0 Å². The molecule has 0 aliphatic carbocycles. The van der Waals surface area contributed by atoms with E-state index in [-0.39, 0.29) is 16.8 Å². The van der Waals surface area contributed by atoms with Crippen LogP contribution < -0.4 is 4.90 Å². The zero-order chi connectivity index (χ0) is 22.1. The van der Waals surface area contributed by atoms with Gasteiger partial charge in [-0.1, -0.05) is 29.8 Å². The van der Waals surface area contributed by atoms with Crippen LogP contribution in [-0.2, 0) is 9.59 Å². The van der Waals surface area contributed by atoms with Gasteiger partial charge in [0.15, 0.2) is 0 Å². The predicted octanol–water partition coefficient (Wildman–Crippen LogP) is 4.27. The van der Waals surface area contributed by atoms with E-state index < -0.39 is 28.4 Å². The summed E-state index contributed by atoms with van der Waals surface area (Å²) in [4.78, 5) is 41.7. The number of non-ortho nitro benzene ring substituents is 1. The number of aliphatic hydroxyl groups is 1. The lowest BCUT2D eigenvalue weighted by molar-refractivity contribution is -0.384. The highest BCUT2D eigenvalue weighted by Gasteiger charge is 2.47. The highest BCUT2D eigenvalue weighted by molar-refractivity contribution is 6.51. The van der Waals surface area contributed by atoms with E-state index in [1.165, 1.54) is 41.6 Å². The van der Waals surface area contributed by atoms with Crippen LogP contribution in [0.3, 0.4) is 0 Å². The van der Waals surface area contributed by atoms with Crippen LogP contribution in [0.1, 0.15) is 17.2 Å². The molecule has 0 radical (unpaired) electrons. The fraction of sp³-hybridized carbons (Fsp3) is 0.0455. The van der Waals surface area contributed by atoms with Crippen molar-refractivity contribution < 1.29 is 19.6 Å². The number of ketones is 1. The van der Waals surface area contributed by atoms with Gasteiger partial charge in [0.1, 0.15) is 5.76 Å². The Hall–Kier alpha value is -4.04. The van der Waals surface area contributed by atoms with Gasteiger partial charge < -0.3 is 5.11 Å². The van der Waals surface area contributed by atoms with Crippen molar-refractivity contribution in [2.24, 2.45) is 0 Å². The summed E-state index contributed by atoms with van der Waals surface area (Å²) in [6, 6.07) is 13.9. The number of anilines is 1. The minimum absolute atomic E-state index is 0.0531. The highest BCUT2D eigenvalue weighted by atomic mass is 35.5. The molecule has 1 aliphatic rings. The van der Waals surface area contributed by atoms with Crippen LogP contribution in [0.25, 0.3) is 5.76 Å². The SMILES string of the molecule is O=C1C(=O)N(c2cccc(Cl)c2)C(c2ccncc2)/C1=C(/O)c1cccc([N+](=O)[O-])c1. The molecule has 31 heavy (non-hydrogen) atoms. The topological polar surface area (TPSA) is 114 Å². The van der Waals surface area contributed by atoms with Gasteiger partial charge in [-0.25, -0.2) is 0 Å². The van der Waals surface area contributed by atoms with Crippen LogP contribution in [0.15, 0.2) is 78.6 Å². The summed E-state index contributed by atoms with van der Waals surface area (Å²) in [7, 11) is 0. The molecule has 0 spiro atoms. The van der Waals surface area contributed by atoms with Gasteiger partial charge >= 0.3 is 0 Å². The van der Waals surface area contributed by atoms with E-state index in [1.54, 1.807) is 30.3 Å². The number of rotatable bonds is 4. The van der Waals surface area contributed by atoms with E-state index in [2.05, 4.69) is 4.98 Å². The zero-order valence-corrected chi connectivity index (χ0v) is 16.6. The Bertz CT molecular complexity index is 1240. The summed E-state index contributed by atoms with van der Waals surface area (Å²) in [6.45, 7) is 0. The summed E-state index contributed by atoms with van der Waals surface area (Å²) >= 11 is 6.08. The molecular formula is C22H14ClN3O5. The smallest absolute Gasteiger partial charge is 0.300 e. The molecule has 8 nitrogen and oxygen atoms in total. The summed E-state index contributed by atoms with van der Waals surface area (Å²) in [5.41, 5.74) is 0.512. The monoisotopic (exact) mass is 435 g/mol. The van der Waals surface area contributed by atoms with Gasteiger partial charge in [0.25, 0.3) is 17.4 Å². The number of hydrogen-bond donors (Lipinski definition) is 1. The van der Waals surface area contributed by atoms with Crippen LogP contribution in [0.2, 0.25) is 5.02 Å². The van der Waals surface area contributed by atoms with Gasteiger partial charge in [-0.15, -0.1) is 0 Å². The Labute approximate surface area is 181 Å². The van der Waals surface area contributed by atoms with E-state index >= 15 is 0 Å². The first kappa shape index (κ1) is 20.2. The molecule has 1 saturated heterocycles. The summed E-state index contributed by atoms with van der Waals surface area (Å²) in [5, 5.41) is 22.5. The van der Waals surface area contributed by atoms with Gasteiger partial charge in [0.05, 0.1) is 16.5 Å². The summed E-state index contributed by atoms with van der Waals surface area (Å²) in [6.07, 6.45) is 3.00. The van der Waals surface area contributed by atoms with E-state index in [4.69, 9.17) is 11.6 Å². The van der Waals surface area contributed by atoms with Crippen LogP contribution >= 0.6 is 11.6 Å². The highest BCUT2D eigenvalue weighted by Crippen LogP contribution is 2.42. The fourth-order valence-corrected chi connectivity index (χ4v) is 3.69. The Morgan fingerprint density at radius 1 is 1.06 bits per heavy atom. The number of nitrogens with zero attached hydrogens (tertiary/aromatic N) is 3. The van der Waals surface area contributed by atoms with Crippen molar-refractivity contribution in [3.63, 3.8) is 0 Å². The Morgan fingerprint density at radius 3 is 2.45 bits per heavy atom. The third-order valence-corrected chi connectivity index (χ3v) is 5.12. The van der Waals surface area contributed by atoms with Gasteiger partial charge in [-0.3, -0.25) is 29.6 Å². The second kappa shape index (κ2) is 8.00. The van der Waals surface area contributed by atoms with Crippen molar-refractivity contribution in [2.75, 3.05) is 4.90 Å². The maximum Gasteiger partial charge on any atom is 0.300 e. The first-order valence-electron chi connectivity index (χ1n) is 9.10. The minimum atomic E-state index is -0.972. The molecule has 1 fully saturated rings. The Kier molecular flexibility index (Phi) is 5.22. The van der Waals surface area contributed by atoms with Gasteiger partial charge in [-0.2, -0.15) is 0 Å². The minimum Gasteiger partial charge on any atom is -0.507 e. The molecule has 9 heteroatoms. The lowest BCUT2D eigenvalue weighted by Gasteiger charge is -2.25. The van der Waals surface area contributed by atoms with Crippen molar-refractivity contribution in [2.45, 2.75) is 6.04 Å². The molecular weight excluding hydrogens is 422 g/mol. The van der Waals surface area contributed by atoms with Gasteiger partial charge in [0, 0.05) is 40.8 Å². The van der Waals surface area contributed by atoms with Crippen LogP contribution in [0, 0.1) is 10.1 Å². The number of amides is 1. The van der Waals surface area contributed by atoms with Crippen LogP contribution in [0.4, 0.5) is 11.4 Å². The number of nitro groups is 1. The number of pyridine rings is 1. The molecule has 0 bridgehead atoms. The third kappa shape index (κ3) is 3.64. The number of aliphatic hydroxyl groups excluding tert-OH is 1. The number of hydrogen-bond acceptors (Lipinski definition) is 6. The van der Waals surface area contributed by atoms with E-state index in [9.17, 15) is 24.8 Å². The first-order valence-corrected chi connectivity index (χ1v) is 9.47. The zero-order valence-electron chi connectivity index (χ0n) is 15.8. The molecule has 154 valence electrons. The standard InChI is InChI=1S/C22H14ClN3O5/c23-15-4-2-5-16(12-15)25-19(13-7-9-24-10-8-13)18(21(28)22(25)29)20(27)14-3-1-6-17(11-14)26(30)31/h1-12,19,27H/b20-18-. The maximum absolute atomic E-state index is 13.0. The lowest BCUT2D eigenvalue weighted by Crippen LogP contribution is -2.29. The second-order valence-electron chi connectivity index (χ2n) is 6.74. The Balaban J connectivity index is 1.95. The number of Topliss-reactive ketones (excluding diaryl/α,β-unsaturated/α-hetero) is 1. The third-order valence-electron chi connectivity index (χ3n) is 4.88. The number of carbonyl (C=O) groups is 2. The van der Waals surface area contributed by atoms with E-state index in [1.807, 2.05) is 0 Å². The van der Waals surface area contributed by atoms with Crippen molar-refractivity contribution in [3.8, 4) is 0 Å². The van der Waals surface area contributed by atoms with Crippen LogP contribution in [0.5, 0.6) is 0 Å². The summed E-state index contributed by atoms with van der Waals surface area (Å²) < 4.78 is 0. The average Bonchev–Trinajstić information content (AvgIpc) is 3.04. The van der Waals surface area contributed by atoms with Gasteiger partial charge in [-0.05, 0) is 35.9 Å². The molecule has 4 rings (SSSR count). The van der Waals surface area contributed by atoms with Crippen molar-refractivity contribution in [3.05, 3.63) is 105 Å². The van der Waals surface area contributed by atoms with E-state index in [0.29, 0.717) is 16.3 Å². The molecule has 1 atom stereocenters. The molecule has 3 aromatic rings. The van der Waals surface area contributed by atoms with Crippen molar-refractivity contribution in [1.82, 2.24) is 4.98 Å². The number of aromatic nitrogens is 1. The molecule has 2 aromatic carbocycles. The number of benzene rings is 2. The number of nitro benzene ring substituents is 1. The van der Waals surface area contributed by atoms with Crippen molar-refractivity contribution >= 4 is 40.4 Å². The molecule has 1 aromatic heterocycles. The van der Waals surface area contributed by atoms with Gasteiger partial charge in [0.2, 0.25) is 0 Å². The summed E-state index contributed by atoms with van der Waals surface area (Å²) in [5.74, 6) is -2.27. The number of carbonyl (C=O) groups excluding carboxylic acids is 2. The molecule has 1 amide bonds. The Morgan fingerprint density at radius 2 is 1.77 bits per heavy atom. The van der Waals surface area contributed by atoms with Crippen LogP contribution in [-0.4, -0.2) is 26.7 Å². The molecule has 1 N–H and O–H groups in total. The normalized spacial score (nSPS) is 17.7. The molecule has 2 heterocycles. The average molecular weight is 436 g/mol. The first-order chi connectivity index (χ1) is 14.9. The molecule has 0 saturated carbocycles. The van der Waals surface area contributed by atoms with E-state index in [0.717, 1.165) is 6.07 Å². The molecule has 1 unspecified atom stereocenters. The maximum atomic E-state index is 13.0. The second-order valence-corrected chi connectivity index (χ2v) is 7.17. The fourth-order valence-electron chi connectivity index (χ4n) is 3.51.